The number of rotatable bonds is 5. The number of amides is 1. The molecular formula is C13H16ClNO3. The molecule has 0 bridgehead atoms. The smallest absolute Gasteiger partial charge is 0.407 e. The molecule has 0 aromatic heterocycles. The number of halogens is 1. The fourth-order valence-corrected chi connectivity index (χ4v) is 1.76. The second-order valence-electron chi connectivity index (χ2n) is 4.49. The van der Waals surface area contributed by atoms with Crippen LogP contribution in [0.25, 0.3) is 0 Å². The van der Waals surface area contributed by atoms with Gasteiger partial charge in [0.1, 0.15) is 6.61 Å². The van der Waals surface area contributed by atoms with Crippen molar-refractivity contribution in [2.45, 2.75) is 30.4 Å². The molecule has 0 radical (unpaired) electrons. The molecule has 0 heterocycles. The van der Waals surface area contributed by atoms with E-state index in [0.717, 1.165) is 18.4 Å². The minimum absolute atomic E-state index is 0.122. The van der Waals surface area contributed by atoms with Crippen LogP contribution in [-0.4, -0.2) is 28.7 Å². The molecule has 0 spiro atoms. The van der Waals surface area contributed by atoms with Gasteiger partial charge in [0.05, 0.1) is 11.0 Å². The molecule has 1 aromatic carbocycles. The Balaban J connectivity index is 1.66. The molecule has 1 aliphatic carbocycles. The van der Waals surface area contributed by atoms with E-state index in [1.807, 2.05) is 30.3 Å². The van der Waals surface area contributed by atoms with Crippen molar-refractivity contribution in [3.8, 4) is 0 Å². The van der Waals surface area contributed by atoms with Crippen LogP contribution in [0.5, 0.6) is 0 Å². The lowest BCUT2D eigenvalue weighted by molar-refractivity contribution is 0.122. The number of ether oxygens (including phenoxy) is 1. The average molecular weight is 270 g/mol. The highest BCUT2D eigenvalue weighted by Crippen LogP contribution is 2.45. The maximum Gasteiger partial charge on any atom is 0.407 e. The highest BCUT2D eigenvalue weighted by molar-refractivity contribution is 6.26. The number of hydrogen-bond acceptors (Lipinski definition) is 3. The van der Waals surface area contributed by atoms with Crippen LogP contribution in [0.15, 0.2) is 30.3 Å². The van der Waals surface area contributed by atoms with E-state index in [9.17, 15) is 9.90 Å². The van der Waals surface area contributed by atoms with E-state index in [2.05, 4.69) is 5.32 Å². The maximum absolute atomic E-state index is 11.4. The predicted octanol–water partition coefficient (Wildman–Crippen LogP) is 2.05. The Bertz CT molecular complexity index is 406. The fraction of sp³-hybridized carbons (Fsp3) is 0.462. The van der Waals surface area contributed by atoms with E-state index in [4.69, 9.17) is 16.3 Å². The van der Waals surface area contributed by atoms with Gasteiger partial charge in [-0.1, -0.05) is 30.3 Å². The first-order valence-corrected chi connectivity index (χ1v) is 6.29. The molecule has 1 unspecified atom stereocenters. The van der Waals surface area contributed by atoms with Crippen LogP contribution in [0.3, 0.4) is 0 Å². The third-order valence-corrected chi connectivity index (χ3v) is 3.61. The number of benzene rings is 1. The third kappa shape index (κ3) is 3.62. The molecule has 2 N–H and O–H groups in total. The van der Waals surface area contributed by atoms with Gasteiger partial charge in [0.2, 0.25) is 0 Å². The molecule has 5 heteroatoms. The van der Waals surface area contributed by atoms with Crippen LogP contribution in [0.4, 0.5) is 4.79 Å². The molecule has 0 saturated heterocycles. The Morgan fingerprint density at radius 3 is 2.72 bits per heavy atom. The second-order valence-corrected chi connectivity index (χ2v) is 5.25. The van der Waals surface area contributed by atoms with Crippen LogP contribution in [0, 0.1) is 0 Å². The zero-order valence-electron chi connectivity index (χ0n) is 9.93. The monoisotopic (exact) mass is 269 g/mol. The summed E-state index contributed by atoms with van der Waals surface area (Å²) in [5, 5.41) is 12.2. The number of aliphatic hydroxyl groups excluding tert-OH is 1. The van der Waals surface area contributed by atoms with Crippen molar-refractivity contribution in [3.05, 3.63) is 35.9 Å². The largest absolute Gasteiger partial charge is 0.445 e. The van der Waals surface area contributed by atoms with Crippen molar-refractivity contribution >= 4 is 17.7 Å². The Hall–Kier alpha value is -1.26. The number of nitrogens with one attached hydrogen (secondary N) is 1. The molecule has 1 amide bonds. The van der Waals surface area contributed by atoms with Gasteiger partial charge in [0, 0.05) is 6.54 Å². The van der Waals surface area contributed by atoms with Crippen molar-refractivity contribution < 1.29 is 14.6 Å². The molecule has 1 fully saturated rings. The van der Waals surface area contributed by atoms with Crippen LogP contribution >= 0.6 is 11.6 Å². The lowest BCUT2D eigenvalue weighted by atomic mass is 10.2. The lowest BCUT2D eigenvalue weighted by Gasteiger charge is -2.16. The van der Waals surface area contributed by atoms with E-state index in [0.29, 0.717) is 0 Å². The zero-order valence-corrected chi connectivity index (χ0v) is 10.7. The van der Waals surface area contributed by atoms with Gasteiger partial charge in [0.25, 0.3) is 0 Å². The number of alkyl halides is 1. The van der Waals surface area contributed by atoms with Crippen molar-refractivity contribution in [3.63, 3.8) is 0 Å². The summed E-state index contributed by atoms with van der Waals surface area (Å²) in [5.74, 6) is 0. The third-order valence-electron chi connectivity index (χ3n) is 2.98. The molecule has 2 rings (SSSR count). The van der Waals surface area contributed by atoms with Crippen molar-refractivity contribution in [1.82, 2.24) is 5.32 Å². The number of aliphatic hydroxyl groups is 1. The number of carbonyl (C=O) groups excluding carboxylic acids is 1. The topological polar surface area (TPSA) is 58.6 Å². The normalized spacial score (nSPS) is 17.9. The summed E-state index contributed by atoms with van der Waals surface area (Å²) in [5.41, 5.74) is 0.921. The van der Waals surface area contributed by atoms with Crippen LogP contribution in [-0.2, 0) is 11.3 Å². The molecule has 1 atom stereocenters. The van der Waals surface area contributed by atoms with E-state index in [1.165, 1.54) is 0 Å². The maximum atomic E-state index is 11.4. The Morgan fingerprint density at radius 1 is 1.44 bits per heavy atom. The predicted molar refractivity (Wildman–Crippen MR) is 68.5 cm³/mol. The molecule has 0 aliphatic heterocycles. The molecule has 18 heavy (non-hydrogen) atoms. The van der Waals surface area contributed by atoms with E-state index in [1.54, 1.807) is 0 Å². The van der Waals surface area contributed by atoms with Gasteiger partial charge in [-0.05, 0) is 18.4 Å². The standard InChI is InChI=1S/C13H16ClNO3/c14-13(6-7-13)11(16)8-15-12(17)18-9-10-4-2-1-3-5-10/h1-5,11,16H,6-9H2,(H,15,17). The van der Waals surface area contributed by atoms with E-state index in [-0.39, 0.29) is 13.2 Å². The van der Waals surface area contributed by atoms with Gasteiger partial charge in [0.15, 0.2) is 0 Å². The van der Waals surface area contributed by atoms with Crippen molar-refractivity contribution in [2.24, 2.45) is 0 Å². The molecular weight excluding hydrogens is 254 g/mol. The summed E-state index contributed by atoms with van der Waals surface area (Å²) in [7, 11) is 0. The molecule has 1 saturated carbocycles. The Morgan fingerprint density at radius 2 is 2.11 bits per heavy atom. The summed E-state index contributed by atoms with van der Waals surface area (Å²) in [6.45, 7) is 0.339. The number of carbonyl (C=O) groups is 1. The first-order chi connectivity index (χ1) is 8.60. The fourth-order valence-electron chi connectivity index (χ4n) is 1.59. The van der Waals surface area contributed by atoms with Gasteiger partial charge in [-0.2, -0.15) is 0 Å². The first kappa shape index (κ1) is 13.2. The van der Waals surface area contributed by atoms with Gasteiger partial charge in [-0.3, -0.25) is 0 Å². The second kappa shape index (κ2) is 5.59. The lowest BCUT2D eigenvalue weighted by Crippen LogP contribution is -2.38. The summed E-state index contributed by atoms with van der Waals surface area (Å²) in [4.78, 5) is 10.8. The molecule has 1 aromatic rings. The summed E-state index contributed by atoms with van der Waals surface area (Å²) < 4.78 is 5.01. The van der Waals surface area contributed by atoms with Crippen LogP contribution in [0.2, 0.25) is 0 Å². The minimum Gasteiger partial charge on any atom is -0.445 e. The minimum atomic E-state index is -0.719. The van der Waals surface area contributed by atoms with Crippen molar-refractivity contribution in [2.75, 3.05) is 6.54 Å². The zero-order chi connectivity index (χ0) is 13.0. The Kier molecular flexibility index (Phi) is 4.09. The summed E-state index contributed by atoms with van der Waals surface area (Å²) in [6, 6.07) is 9.41. The van der Waals surface area contributed by atoms with Gasteiger partial charge >= 0.3 is 6.09 Å². The molecule has 98 valence electrons. The number of hydrogen-bond donors (Lipinski definition) is 2. The van der Waals surface area contributed by atoms with Gasteiger partial charge in [-0.15, -0.1) is 11.6 Å². The average Bonchev–Trinajstić information content (AvgIpc) is 3.14. The number of alkyl carbamates (subject to hydrolysis) is 1. The van der Waals surface area contributed by atoms with Crippen LogP contribution in [0.1, 0.15) is 18.4 Å². The summed E-state index contributed by atoms with van der Waals surface area (Å²) >= 11 is 6.01. The SMILES string of the molecule is O=C(NCC(O)C1(Cl)CC1)OCc1ccccc1. The quantitative estimate of drug-likeness (QED) is 0.805. The molecule has 4 nitrogen and oxygen atoms in total. The van der Waals surface area contributed by atoms with Gasteiger partial charge in [-0.25, -0.2) is 4.79 Å². The molecule has 1 aliphatic rings. The van der Waals surface area contributed by atoms with Crippen molar-refractivity contribution in [1.29, 1.82) is 0 Å². The Labute approximate surface area is 111 Å². The van der Waals surface area contributed by atoms with Crippen LogP contribution < -0.4 is 5.32 Å². The van der Waals surface area contributed by atoms with E-state index < -0.39 is 17.1 Å². The van der Waals surface area contributed by atoms with E-state index >= 15 is 0 Å². The highest BCUT2D eigenvalue weighted by atomic mass is 35.5. The van der Waals surface area contributed by atoms with Gasteiger partial charge < -0.3 is 15.2 Å². The first-order valence-electron chi connectivity index (χ1n) is 5.92. The summed E-state index contributed by atoms with van der Waals surface area (Å²) in [6.07, 6.45) is 0.315. The highest BCUT2D eigenvalue weighted by Gasteiger charge is 2.47.